The molecule has 4 nitrogen and oxygen atoms in total. The number of carboxylic acid groups (broad SMARTS) is 1. The van der Waals surface area contributed by atoms with Crippen LogP contribution in [0.3, 0.4) is 0 Å². The summed E-state index contributed by atoms with van der Waals surface area (Å²) in [5.41, 5.74) is 0.885. The van der Waals surface area contributed by atoms with Crippen molar-refractivity contribution in [1.82, 2.24) is 10.2 Å². The summed E-state index contributed by atoms with van der Waals surface area (Å²) in [6, 6.07) is 1.88. The maximum Gasteiger partial charge on any atom is 0.346 e. The van der Waals surface area contributed by atoms with Crippen LogP contribution in [0.2, 0.25) is 0 Å². The predicted octanol–water partition coefficient (Wildman–Crippen LogP) is 2.27. The van der Waals surface area contributed by atoms with Crippen LogP contribution in [0.5, 0.6) is 0 Å². The average Bonchev–Trinajstić information content (AvgIpc) is 2.82. The number of carbonyl (C=O) groups is 1. The molecule has 0 bridgehead atoms. The molecule has 1 heterocycles. The minimum Gasteiger partial charge on any atom is -0.477 e. The van der Waals surface area contributed by atoms with Crippen molar-refractivity contribution >= 4 is 17.3 Å². The van der Waals surface area contributed by atoms with Gasteiger partial charge < -0.3 is 15.3 Å². The summed E-state index contributed by atoms with van der Waals surface area (Å²) in [5.74, 6) is -0.829. The quantitative estimate of drug-likeness (QED) is 0.676. The molecule has 0 spiro atoms. The molecule has 0 amide bonds. The lowest BCUT2D eigenvalue weighted by Gasteiger charge is -2.17. The van der Waals surface area contributed by atoms with Crippen molar-refractivity contribution in [2.75, 3.05) is 26.2 Å². The average molecular weight is 270 g/mol. The number of carboxylic acids is 1. The van der Waals surface area contributed by atoms with Gasteiger partial charge in [-0.3, -0.25) is 0 Å². The van der Waals surface area contributed by atoms with Gasteiger partial charge in [-0.15, -0.1) is 11.3 Å². The largest absolute Gasteiger partial charge is 0.477 e. The van der Waals surface area contributed by atoms with E-state index in [1.165, 1.54) is 11.3 Å². The first-order valence-electron chi connectivity index (χ1n) is 6.41. The fourth-order valence-corrected chi connectivity index (χ4v) is 2.61. The Bertz CT molecular complexity index is 362. The zero-order valence-electron chi connectivity index (χ0n) is 11.1. The lowest BCUT2D eigenvalue weighted by Crippen LogP contribution is -2.27. The number of rotatable bonds is 9. The lowest BCUT2D eigenvalue weighted by atomic mass is 10.2. The maximum absolute atomic E-state index is 10.9. The molecular formula is C13H22N2O2S. The van der Waals surface area contributed by atoms with Crippen molar-refractivity contribution in [2.45, 2.75) is 26.8 Å². The third-order valence-electron chi connectivity index (χ3n) is 2.98. The molecule has 0 unspecified atom stereocenters. The second kappa shape index (κ2) is 8.24. The van der Waals surface area contributed by atoms with Crippen molar-refractivity contribution in [1.29, 1.82) is 0 Å². The van der Waals surface area contributed by atoms with E-state index in [0.717, 1.165) is 38.2 Å². The molecule has 5 heteroatoms. The molecular weight excluding hydrogens is 248 g/mol. The number of nitrogens with zero attached hydrogens (tertiary/aromatic N) is 1. The predicted molar refractivity (Wildman–Crippen MR) is 75.4 cm³/mol. The smallest absolute Gasteiger partial charge is 0.346 e. The van der Waals surface area contributed by atoms with E-state index in [2.05, 4.69) is 24.1 Å². The summed E-state index contributed by atoms with van der Waals surface area (Å²) in [7, 11) is 0. The van der Waals surface area contributed by atoms with Crippen molar-refractivity contribution < 1.29 is 9.90 Å². The Morgan fingerprint density at radius 3 is 2.78 bits per heavy atom. The summed E-state index contributed by atoms with van der Waals surface area (Å²) in [5, 5.41) is 14.1. The van der Waals surface area contributed by atoms with Crippen LogP contribution in [0, 0.1) is 0 Å². The SMILES string of the molecule is CCN(CC)CCCNCc1ccsc1C(=O)O. The molecule has 18 heavy (non-hydrogen) atoms. The van der Waals surface area contributed by atoms with Gasteiger partial charge in [0.2, 0.25) is 0 Å². The van der Waals surface area contributed by atoms with Crippen molar-refractivity contribution in [3.8, 4) is 0 Å². The van der Waals surface area contributed by atoms with Gasteiger partial charge in [-0.2, -0.15) is 0 Å². The van der Waals surface area contributed by atoms with E-state index >= 15 is 0 Å². The summed E-state index contributed by atoms with van der Waals surface area (Å²) < 4.78 is 0. The molecule has 0 saturated carbocycles. The standard InChI is InChI=1S/C13H22N2O2S/c1-3-15(4-2)8-5-7-14-10-11-6-9-18-12(11)13(16)17/h6,9,14H,3-5,7-8,10H2,1-2H3,(H,16,17). The summed E-state index contributed by atoms with van der Waals surface area (Å²) in [6.45, 7) is 9.17. The molecule has 0 aliphatic carbocycles. The Hall–Kier alpha value is -0.910. The van der Waals surface area contributed by atoms with Gasteiger partial charge in [0.15, 0.2) is 0 Å². The Balaban J connectivity index is 2.22. The van der Waals surface area contributed by atoms with Crippen LogP contribution in [0.15, 0.2) is 11.4 Å². The third kappa shape index (κ3) is 4.76. The second-order valence-corrected chi connectivity index (χ2v) is 5.05. The fraction of sp³-hybridized carbons (Fsp3) is 0.615. The highest BCUT2D eigenvalue weighted by Crippen LogP contribution is 2.16. The van der Waals surface area contributed by atoms with Crippen molar-refractivity contribution in [2.24, 2.45) is 0 Å². The molecule has 2 N–H and O–H groups in total. The first kappa shape index (κ1) is 15.1. The Labute approximate surface area is 113 Å². The van der Waals surface area contributed by atoms with Crippen molar-refractivity contribution in [3.63, 3.8) is 0 Å². The van der Waals surface area contributed by atoms with Gasteiger partial charge in [0.1, 0.15) is 4.88 Å². The summed E-state index contributed by atoms with van der Waals surface area (Å²) >= 11 is 1.29. The van der Waals surface area contributed by atoms with Crippen LogP contribution in [0.1, 0.15) is 35.5 Å². The topological polar surface area (TPSA) is 52.6 Å². The van der Waals surface area contributed by atoms with Gasteiger partial charge >= 0.3 is 5.97 Å². The molecule has 0 aliphatic rings. The lowest BCUT2D eigenvalue weighted by molar-refractivity contribution is 0.0701. The number of thiophene rings is 1. The highest BCUT2D eigenvalue weighted by molar-refractivity contribution is 7.12. The van der Waals surface area contributed by atoms with Crippen LogP contribution in [-0.4, -0.2) is 42.2 Å². The Morgan fingerprint density at radius 2 is 2.17 bits per heavy atom. The zero-order chi connectivity index (χ0) is 13.4. The fourth-order valence-electron chi connectivity index (χ4n) is 1.85. The normalized spacial score (nSPS) is 11.1. The Morgan fingerprint density at radius 1 is 1.44 bits per heavy atom. The minimum atomic E-state index is -0.829. The van der Waals surface area contributed by atoms with Gasteiger partial charge in [-0.25, -0.2) is 4.79 Å². The van der Waals surface area contributed by atoms with E-state index in [4.69, 9.17) is 5.11 Å². The first-order valence-corrected chi connectivity index (χ1v) is 7.29. The molecule has 0 fully saturated rings. The van der Waals surface area contributed by atoms with E-state index in [1.807, 2.05) is 11.4 Å². The molecule has 0 atom stereocenters. The van der Waals surface area contributed by atoms with E-state index in [0.29, 0.717) is 11.4 Å². The maximum atomic E-state index is 10.9. The highest BCUT2D eigenvalue weighted by Gasteiger charge is 2.10. The summed E-state index contributed by atoms with van der Waals surface area (Å²) in [4.78, 5) is 13.7. The molecule has 1 rings (SSSR count). The van der Waals surface area contributed by atoms with Gasteiger partial charge in [-0.05, 0) is 49.6 Å². The number of hydrogen-bond acceptors (Lipinski definition) is 4. The van der Waals surface area contributed by atoms with Gasteiger partial charge in [0, 0.05) is 6.54 Å². The van der Waals surface area contributed by atoms with E-state index in [1.54, 1.807) is 0 Å². The second-order valence-electron chi connectivity index (χ2n) is 4.14. The van der Waals surface area contributed by atoms with Crippen LogP contribution in [0.4, 0.5) is 0 Å². The van der Waals surface area contributed by atoms with E-state index in [9.17, 15) is 4.79 Å². The third-order valence-corrected chi connectivity index (χ3v) is 3.92. The van der Waals surface area contributed by atoms with Gasteiger partial charge in [0.25, 0.3) is 0 Å². The number of nitrogens with one attached hydrogen (secondary N) is 1. The van der Waals surface area contributed by atoms with Gasteiger partial charge in [0.05, 0.1) is 0 Å². The number of hydrogen-bond donors (Lipinski definition) is 2. The Kier molecular flexibility index (Phi) is 6.93. The minimum absolute atomic E-state index is 0.450. The van der Waals surface area contributed by atoms with Crippen LogP contribution >= 0.6 is 11.3 Å². The molecule has 0 aromatic carbocycles. The highest BCUT2D eigenvalue weighted by atomic mass is 32.1. The van der Waals surface area contributed by atoms with E-state index in [-0.39, 0.29) is 0 Å². The van der Waals surface area contributed by atoms with Crippen LogP contribution < -0.4 is 5.32 Å². The molecule has 0 radical (unpaired) electrons. The first-order chi connectivity index (χ1) is 8.69. The molecule has 0 aliphatic heterocycles. The molecule has 102 valence electrons. The summed E-state index contributed by atoms with van der Waals surface area (Å²) in [6.07, 6.45) is 1.09. The van der Waals surface area contributed by atoms with Gasteiger partial charge in [-0.1, -0.05) is 13.8 Å². The molecule has 1 aromatic heterocycles. The van der Waals surface area contributed by atoms with Crippen LogP contribution in [-0.2, 0) is 6.54 Å². The molecule has 1 aromatic rings. The molecule has 0 saturated heterocycles. The van der Waals surface area contributed by atoms with E-state index < -0.39 is 5.97 Å². The number of aromatic carboxylic acids is 1. The zero-order valence-corrected chi connectivity index (χ0v) is 11.9. The van der Waals surface area contributed by atoms with Crippen molar-refractivity contribution in [3.05, 3.63) is 21.9 Å². The monoisotopic (exact) mass is 270 g/mol. The van der Waals surface area contributed by atoms with Crippen LogP contribution in [0.25, 0.3) is 0 Å².